The molecule has 3 N–H and O–H groups in total. The average Bonchev–Trinajstić information content (AvgIpc) is 1.99. The van der Waals surface area contributed by atoms with Gasteiger partial charge in [0, 0.05) is 12.6 Å². The van der Waals surface area contributed by atoms with Gasteiger partial charge >= 0.3 is 0 Å². The zero-order valence-corrected chi connectivity index (χ0v) is 6.35. The molecule has 0 saturated heterocycles. The molecule has 0 radical (unpaired) electrons. The standard InChI is InChI=1S/C6H14N2O2/c1-5(7-2)3-8-6(10)4-9/h5,7,9H,3-4H2,1-2H3,(H,8,10). The van der Waals surface area contributed by atoms with Crippen LogP contribution in [0.25, 0.3) is 0 Å². The molecule has 0 aromatic heterocycles. The molecule has 0 rings (SSSR count). The number of aliphatic hydroxyl groups excluding tert-OH is 1. The van der Waals surface area contributed by atoms with Crippen LogP contribution in [0.5, 0.6) is 0 Å². The quantitative estimate of drug-likeness (QED) is 0.462. The van der Waals surface area contributed by atoms with E-state index >= 15 is 0 Å². The summed E-state index contributed by atoms with van der Waals surface area (Å²) in [5, 5.41) is 13.8. The van der Waals surface area contributed by atoms with Crippen molar-refractivity contribution in [2.75, 3.05) is 20.2 Å². The maximum Gasteiger partial charge on any atom is 0.245 e. The second kappa shape index (κ2) is 5.20. The van der Waals surface area contributed by atoms with E-state index in [1.807, 2.05) is 14.0 Å². The van der Waals surface area contributed by atoms with Crippen molar-refractivity contribution in [1.29, 1.82) is 0 Å². The molecule has 1 amide bonds. The van der Waals surface area contributed by atoms with E-state index in [0.29, 0.717) is 6.54 Å². The Bertz CT molecular complexity index is 106. The monoisotopic (exact) mass is 146 g/mol. The molecular weight excluding hydrogens is 132 g/mol. The molecule has 0 aromatic rings. The van der Waals surface area contributed by atoms with Crippen LogP contribution in [-0.4, -0.2) is 37.3 Å². The Hall–Kier alpha value is -0.610. The van der Waals surface area contributed by atoms with E-state index in [9.17, 15) is 4.79 Å². The third-order valence-electron chi connectivity index (χ3n) is 1.24. The van der Waals surface area contributed by atoms with Crippen LogP contribution in [0.3, 0.4) is 0 Å². The van der Waals surface area contributed by atoms with Crippen LogP contribution in [0.4, 0.5) is 0 Å². The van der Waals surface area contributed by atoms with Crippen LogP contribution < -0.4 is 10.6 Å². The number of carbonyl (C=O) groups is 1. The largest absolute Gasteiger partial charge is 0.387 e. The molecule has 0 spiro atoms. The van der Waals surface area contributed by atoms with Crippen LogP contribution in [0, 0.1) is 0 Å². The van der Waals surface area contributed by atoms with Crippen molar-refractivity contribution in [3.63, 3.8) is 0 Å². The van der Waals surface area contributed by atoms with Gasteiger partial charge < -0.3 is 15.7 Å². The molecule has 1 unspecified atom stereocenters. The Morgan fingerprint density at radius 3 is 2.70 bits per heavy atom. The number of hydrogen-bond acceptors (Lipinski definition) is 3. The highest BCUT2D eigenvalue weighted by Crippen LogP contribution is 1.74. The third-order valence-corrected chi connectivity index (χ3v) is 1.24. The van der Waals surface area contributed by atoms with Gasteiger partial charge in [-0.05, 0) is 14.0 Å². The van der Waals surface area contributed by atoms with E-state index in [1.165, 1.54) is 0 Å². The van der Waals surface area contributed by atoms with Gasteiger partial charge in [0.1, 0.15) is 6.61 Å². The summed E-state index contributed by atoms with van der Waals surface area (Å²) in [4.78, 5) is 10.4. The minimum Gasteiger partial charge on any atom is -0.387 e. The first-order valence-electron chi connectivity index (χ1n) is 3.25. The molecular formula is C6H14N2O2. The number of likely N-dealkylation sites (N-methyl/N-ethyl adjacent to an activating group) is 1. The molecule has 1 atom stereocenters. The highest BCUT2D eigenvalue weighted by atomic mass is 16.3. The third kappa shape index (κ3) is 4.29. The average molecular weight is 146 g/mol. The lowest BCUT2D eigenvalue weighted by Gasteiger charge is -2.09. The molecule has 4 nitrogen and oxygen atoms in total. The summed E-state index contributed by atoms with van der Waals surface area (Å²) in [7, 11) is 1.82. The fraction of sp³-hybridized carbons (Fsp3) is 0.833. The topological polar surface area (TPSA) is 61.4 Å². The van der Waals surface area contributed by atoms with Crippen LogP contribution in [0.15, 0.2) is 0 Å². The predicted octanol–water partition coefficient (Wildman–Crippen LogP) is -1.30. The van der Waals surface area contributed by atoms with Gasteiger partial charge in [0.15, 0.2) is 0 Å². The van der Waals surface area contributed by atoms with Gasteiger partial charge in [0.25, 0.3) is 0 Å². The minimum atomic E-state index is -0.434. The van der Waals surface area contributed by atoms with Gasteiger partial charge in [-0.2, -0.15) is 0 Å². The molecule has 10 heavy (non-hydrogen) atoms. The van der Waals surface area contributed by atoms with Gasteiger partial charge in [-0.3, -0.25) is 4.79 Å². The lowest BCUT2D eigenvalue weighted by molar-refractivity contribution is -0.123. The van der Waals surface area contributed by atoms with E-state index in [-0.39, 0.29) is 11.9 Å². The Balaban J connectivity index is 3.26. The lowest BCUT2D eigenvalue weighted by atomic mass is 10.3. The fourth-order valence-electron chi connectivity index (χ4n) is 0.425. The maximum absolute atomic E-state index is 10.4. The first-order chi connectivity index (χ1) is 4.70. The molecule has 0 fully saturated rings. The summed E-state index contributed by atoms with van der Waals surface area (Å²) in [5.74, 6) is -0.331. The Morgan fingerprint density at radius 1 is 1.70 bits per heavy atom. The summed E-state index contributed by atoms with van der Waals surface area (Å²) in [5.41, 5.74) is 0. The number of rotatable bonds is 4. The van der Waals surface area contributed by atoms with E-state index in [2.05, 4.69) is 10.6 Å². The van der Waals surface area contributed by atoms with Gasteiger partial charge in [-0.25, -0.2) is 0 Å². The molecule has 0 aliphatic heterocycles. The first-order valence-corrected chi connectivity index (χ1v) is 3.25. The zero-order chi connectivity index (χ0) is 7.98. The van der Waals surface area contributed by atoms with Crippen LogP contribution >= 0.6 is 0 Å². The molecule has 60 valence electrons. The van der Waals surface area contributed by atoms with Crippen molar-refractivity contribution >= 4 is 5.91 Å². The van der Waals surface area contributed by atoms with Crippen molar-refractivity contribution < 1.29 is 9.90 Å². The van der Waals surface area contributed by atoms with Crippen molar-refractivity contribution in [3.05, 3.63) is 0 Å². The molecule has 0 aliphatic rings. The van der Waals surface area contributed by atoms with Gasteiger partial charge in [0.2, 0.25) is 5.91 Å². The Labute approximate surface area is 60.6 Å². The molecule has 4 heteroatoms. The summed E-state index contributed by atoms with van der Waals surface area (Å²) < 4.78 is 0. The Morgan fingerprint density at radius 2 is 2.30 bits per heavy atom. The number of carbonyl (C=O) groups excluding carboxylic acids is 1. The second-order valence-electron chi connectivity index (χ2n) is 2.15. The van der Waals surface area contributed by atoms with Crippen LogP contribution in [0.1, 0.15) is 6.92 Å². The first kappa shape index (κ1) is 9.39. The molecule has 0 aliphatic carbocycles. The van der Waals surface area contributed by atoms with Gasteiger partial charge in [-0.15, -0.1) is 0 Å². The van der Waals surface area contributed by atoms with Crippen molar-refractivity contribution in [2.24, 2.45) is 0 Å². The van der Waals surface area contributed by atoms with E-state index in [0.717, 1.165) is 0 Å². The van der Waals surface area contributed by atoms with Crippen LogP contribution in [0.2, 0.25) is 0 Å². The molecule has 0 heterocycles. The fourth-order valence-corrected chi connectivity index (χ4v) is 0.425. The highest BCUT2D eigenvalue weighted by molar-refractivity contribution is 5.76. The van der Waals surface area contributed by atoms with Gasteiger partial charge in [0.05, 0.1) is 0 Å². The SMILES string of the molecule is CNC(C)CNC(=O)CO. The Kier molecular flexibility index (Phi) is 4.88. The van der Waals surface area contributed by atoms with Crippen molar-refractivity contribution in [2.45, 2.75) is 13.0 Å². The van der Waals surface area contributed by atoms with Crippen molar-refractivity contribution in [1.82, 2.24) is 10.6 Å². The second-order valence-corrected chi connectivity index (χ2v) is 2.15. The zero-order valence-electron chi connectivity index (χ0n) is 6.35. The summed E-state index contributed by atoms with van der Waals surface area (Å²) in [6.45, 7) is 2.06. The van der Waals surface area contributed by atoms with Crippen LogP contribution in [-0.2, 0) is 4.79 Å². The number of aliphatic hydroxyl groups is 1. The number of hydrogen-bond donors (Lipinski definition) is 3. The summed E-state index contributed by atoms with van der Waals surface area (Å²) in [6, 6.07) is 0.246. The molecule has 0 saturated carbocycles. The van der Waals surface area contributed by atoms with E-state index in [4.69, 9.17) is 5.11 Å². The summed E-state index contributed by atoms with van der Waals surface area (Å²) in [6.07, 6.45) is 0. The summed E-state index contributed by atoms with van der Waals surface area (Å²) >= 11 is 0. The normalized spacial score (nSPS) is 12.7. The minimum absolute atomic E-state index is 0.246. The van der Waals surface area contributed by atoms with Crippen molar-refractivity contribution in [3.8, 4) is 0 Å². The predicted molar refractivity (Wildman–Crippen MR) is 38.6 cm³/mol. The molecule has 0 aromatic carbocycles. The van der Waals surface area contributed by atoms with Gasteiger partial charge in [-0.1, -0.05) is 0 Å². The number of amides is 1. The van der Waals surface area contributed by atoms with E-state index < -0.39 is 6.61 Å². The highest BCUT2D eigenvalue weighted by Gasteiger charge is 2.00. The lowest BCUT2D eigenvalue weighted by Crippen LogP contribution is -2.38. The number of nitrogens with one attached hydrogen (secondary N) is 2. The molecule has 0 bridgehead atoms. The van der Waals surface area contributed by atoms with E-state index in [1.54, 1.807) is 0 Å². The smallest absolute Gasteiger partial charge is 0.245 e. The maximum atomic E-state index is 10.4.